The molecule has 0 unspecified atom stereocenters. The molecular formula is C30H31ClN4O3S. The van der Waals surface area contributed by atoms with Crippen molar-refractivity contribution in [1.82, 2.24) is 9.29 Å². The van der Waals surface area contributed by atoms with Gasteiger partial charge in [-0.05, 0) is 73.6 Å². The number of anilines is 1. The fourth-order valence-electron chi connectivity index (χ4n) is 5.41. The van der Waals surface area contributed by atoms with Crippen molar-refractivity contribution in [2.75, 3.05) is 11.4 Å². The third-order valence-electron chi connectivity index (χ3n) is 7.88. The molecule has 0 radical (unpaired) electrons. The molecule has 202 valence electrons. The van der Waals surface area contributed by atoms with E-state index < -0.39 is 16.1 Å². The van der Waals surface area contributed by atoms with Crippen LogP contribution in [0.15, 0.2) is 65.7 Å². The largest absolute Gasteiger partial charge is 0.305 e. The number of pyridine rings is 1. The predicted octanol–water partition coefficient (Wildman–Crippen LogP) is 5.96. The minimum absolute atomic E-state index is 0.0848. The van der Waals surface area contributed by atoms with Crippen LogP contribution in [0.4, 0.5) is 5.69 Å². The Bertz CT molecular complexity index is 1500. The van der Waals surface area contributed by atoms with Crippen LogP contribution < -0.4 is 4.90 Å². The number of benzene rings is 2. The molecule has 7 nitrogen and oxygen atoms in total. The lowest BCUT2D eigenvalue weighted by Crippen LogP contribution is -2.59. The lowest BCUT2D eigenvalue weighted by molar-refractivity contribution is -0.125. The van der Waals surface area contributed by atoms with Gasteiger partial charge >= 0.3 is 0 Å². The molecule has 0 spiro atoms. The lowest BCUT2D eigenvalue weighted by Gasteiger charge is -2.41. The maximum atomic E-state index is 13.9. The van der Waals surface area contributed by atoms with E-state index in [0.29, 0.717) is 23.6 Å². The van der Waals surface area contributed by atoms with E-state index in [-0.39, 0.29) is 34.5 Å². The van der Waals surface area contributed by atoms with Gasteiger partial charge in [0.15, 0.2) is 0 Å². The number of amides is 1. The molecule has 0 bridgehead atoms. The van der Waals surface area contributed by atoms with E-state index in [1.54, 1.807) is 11.8 Å². The molecule has 1 aliphatic carbocycles. The van der Waals surface area contributed by atoms with Crippen LogP contribution in [-0.4, -0.2) is 36.2 Å². The number of carbonyl (C=O) groups is 1. The number of carbonyl (C=O) groups excluding carboxylic acids is 1. The second-order valence-corrected chi connectivity index (χ2v) is 12.6. The van der Waals surface area contributed by atoms with Crippen LogP contribution in [0, 0.1) is 18.3 Å². The predicted molar refractivity (Wildman–Crippen MR) is 151 cm³/mol. The molecule has 9 heteroatoms. The lowest BCUT2D eigenvalue weighted by atomic mass is 9.85. The first-order valence-electron chi connectivity index (χ1n) is 13.3. The van der Waals surface area contributed by atoms with E-state index in [1.807, 2.05) is 48.7 Å². The highest BCUT2D eigenvalue weighted by Crippen LogP contribution is 2.34. The van der Waals surface area contributed by atoms with Gasteiger partial charge in [0.05, 0.1) is 28.8 Å². The number of halogens is 1. The Hall–Kier alpha value is -3.25. The third-order valence-corrected chi connectivity index (χ3v) is 10.2. The van der Waals surface area contributed by atoms with Gasteiger partial charge in [0, 0.05) is 23.5 Å². The van der Waals surface area contributed by atoms with Crippen molar-refractivity contribution in [2.45, 2.75) is 68.8 Å². The zero-order chi connectivity index (χ0) is 27.6. The molecule has 1 aliphatic heterocycles. The van der Waals surface area contributed by atoms with E-state index in [9.17, 15) is 18.5 Å². The molecule has 1 aromatic heterocycles. The molecule has 39 heavy (non-hydrogen) atoms. The van der Waals surface area contributed by atoms with E-state index in [4.69, 9.17) is 11.6 Å². The van der Waals surface area contributed by atoms with Crippen molar-refractivity contribution in [3.63, 3.8) is 0 Å². The Balaban J connectivity index is 1.40. The quantitative estimate of drug-likeness (QED) is 0.354. The summed E-state index contributed by atoms with van der Waals surface area (Å²) in [5.41, 5.74) is 3.37. The van der Waals surface area contributed by atoms with E-state index >= 15 is 0 Å². The second-order valence-electron chi connectivity index (χ2n) is 10.3. The number of nitriles is 1. The van der Waals surface area contributed by atoms with Gasteiger partial charge in [-0.25, -0.2) is 8.42 Å². The van der Waals surface area contributed by atoms with E-state index in [1.165, 1.54) is 54.1 Å². The fraction of sp³-hybridized carbons (Fsp3) is 0.367. The smallest absolute Gasteiger partial charge is 0.245 e. The van der Waals surface area contributed by atoms with Gasteiger partial charge < -0.3 is 4.90 Å². The van der Waals surface area contributed by atoms with Gasteiger partial charge in [-0.2, -0.15) is 9.57 Å². The Kier molecular flexibility index (Phi) is 8.03. The molecule has 1 amide bonds. The highest BCUT2D eigenvalue weighted by atomic mass is 35.5. The first kappa shape index (κ1) is 27.3. The highest BCUT2D eigenvalue weighted by Gasteiger charge is 2.45. The Morgan fingerprint density at radius 2 is 1.85 bits per heavy atom. The number of aromatic nitrogens is 1. The summed E-state index contributed by atoms with van der Waals surface area (Å²) in [6, 6.07) is 17.1. The molecular weight excluding hydrogens is 532 g/mol. The molecule has 5 rings (SSSR count). The van der Waals surface area contributed by atoms with Crippen LogP contribution in [0.2, 0.25) is 5.02 Å². The number of sulfonamides is 1. The van der Waals surface area contributed by atoms with Crippen molar-refractivity contribution < 1.29 is 13.2 Å². The summed E-state index contributed by atoms with van der Waals surface area (Å²) in [5.74, 6) is 0.227. The standard InChI is InChI=1S/C30H31ClN4O3S/c1-21-24(18-32)16-27(17-28(21)31)39(37,38)35-15-14-29(35)30(36)34(26-10-6-3-7-11-26)20-25-13-12-23(19-33-25)22-8-4-2-5-9-22/h3,6-7,10-13,16-17,19,22,29H,2,4-5,8-9,14-15,20H2,1H3/t29-/m1/s1. The van der Waals surface area contributed by atoms with Crippen molar-refractivity contribution in [1.29, 1.82) is 5.26 Å². The normalized spacial score (nSPS) is 18.2. The van der Waals surface area contributed by atoms with Gasteiger partial charge in [0.1, 0.15) is 6.04 Å². The molecule has 0 N–H and O–H groups in total. The first-order chi connectivity index (χ1) is 18.8. The third kappa shape index (κ3) is 5.58. The molecule has 1 saturated carbocycles. The van der Waals surface area contributed by atoms with Crippen LogP contribution in [-0.2, 0) is 21.4 Å². The average molecular weight is 563 g/mol. The van der Waals surface area contributed by atoms with Gasteiger partial charge in [-0.3, -0.25) is 9.78 Å². The summed E-state index contributed by atoms with van der Waals surface area (Å²) in [4.78, 5) is 20.1. The summed E-state index contributed by atoms with van der Waals surface area (Å²) in [7, 11) is -4.04. The average Bonchev–Trinajstić information content (AvgIpc) is 2.93. The van der Waals surface area contributed by atoms with Crippen LogP contribution in [0.1, 0.15) is 66.8 Å². The number of para-hydroxylation sites is 1. The second kappa shape index (κ2) is 11.5. The monoisotopic (exact) mass is 562 g/mol. The zero-order valence-corrected chi connectivity index (χ0v) is 23.5. The summed E-state index contributed by atoms with van der Waals surface area (Å²) in [6.07, 6.45) is 8.48. The maximum absolute atomic E-state index is 13.9. The van der Waals surface area contributed by atoms with Gasteiger partial charge in [0.2, 0.25) is 15.9 Å². The topological polar surface area (TPSA) is 94.4 Å². The van der Waals surface area contributed by atoms with Crippen LogP contribution >= 0.6 is 11.6 Å². The zero-order valence-electron chi connectivity index (χ0n) is 21.9. The minimum atomic E-state index is -4.04. The van der Waals surface area contributed by atoms with Crippen LogP contribution in [0.5, 0.6) is 0 Å². The SMILES string of the molecule is Cc1c(Cl)cc(S(=O)(=O)N2CC[C@@H]2C(=O)N(Cc2ccc(C3CCCCC3)cn2)c2ccccc2)cc1C#N. The number of hydrogen-bond donors (Lipinski definition) is 0. The number of hydrogen-bond acceptors (Lipinski definition) is 5. The molecule has 2 aliphatic rings. The summed E-state index contributed by atoms with van der Waals surface area (Å²) in [6.45, 7) is 2.11. The van der Waals surface area contributed by atoms with Crippen molar-refractivity contribution in [3.8, 4) is 6.07 Å². The van der Waals surface area contributed by atoms with Crippen molar-refractivity contribution in [2.24, 2.45) is 0 Å². The van der Waals surface area contributed by atoms with E-state index in [2.05, 4.69) is 11.1 Å². The minimum Gasteiger partial charge on any atom is -0.305 e. The highest BCUT2D eigenvalue weighted by molar-refractivity contribution is 7.89. The van der Waals surface area contributed by atoms with Crippen molar-refractivity contribution >= 4 is 33.2 Å². The first-order valence-corrected chi connectivity index (χ1v) is 15.1. The molecule has 1 atom stereocenters. The number of rotatable bonds is 7. The maximum Gasteiger partial charge on any atom is 0.245 e. The molecule has 1 saturated heterocycles. The Morgan fingerprint density at radius 1 is 1.10 bits per heavy atom. The van der Waals surface area contributed by atoms with Gasteiger partial charge in [0.25, 0.3) is 0 Å². The van der Waals surface area contributed by atoms with Crippen LogP contribution in [0.3, 0.4) is 0 Å². The molecule has 3 aromatic rings. The van der Waals surface area contributed by atoms with E-state index in [0.717, 1.165) is 5.69 Å². The summed E-state index contributed by atoms with van der Waals surface area (Å²) in [5, 5.41) is 9.63. The van der Waals surface area contributed by atoms with Gasteiger partial charge in [-0.1, -0.05) is 55.1 Å². The molecule has 2 aromatic carbocycles. The number of nitrogens with zero attached hydrogens (tertiary/aromatic N) is 4. The molecule has 2 fully saturated rings. The van der Waals surface area contributed by atoms with Gasteiger partial charge in [-0.15, -0.1) is 0 Å². The van der Waals surface area contributed by atoms with Crippen LogP contribution in [0.25, 0.3) is 0 Å². The fourth-order valence-corrected chi connectivity index (χ4v) is 7.37. The Morgan fingerprint density at radius 3 is 2.46 bits per heavy atom. The molecule has 2 heterocycles. The summed E-state index contributed by atoms with van der Waals surface area (Å²) < 4.78 is 28.3. The summed E-state index contributed by atoms with van der Waals surface area (Å²) >= 11 is 6.23. The Labute approximate surface area is 235 Å². The van der Waals surface area contributed by atoms with Crippen molar-refractivity contribution in [3.05, 3.63) is 88.2 Å².